The maximum Gasteiger partial charge on any atom is 0.114 e. The predicted octanol–water partition coefficient (Wildman–Crippen LogP) is 0.621. The molecule has 0 aromatic heterocycles. The van der Waals surface area contributed by atoms with Gasteiger partial charge in [0.2, 0.25) is 0 Å². The van der Waals surface area contributed by atoms with Crippen LogP contribution in [0.3, 0.4) is 0 Å². The summed E-state index contributed by atoms with van der Waals surface area (Å²) in [6.45, 7) is 2.54. The van der Waals surface area contributed by atoms with E-state index in [1.165, 1.54) is 0 Å². The van der Waals surface area contributed by atoms with Gasteiger partial charge in [0.25, 0.3) is 0 Å². The molecule has 5 nitrogen and oxygen atoms in total. The van der Waals surface area contributed by atoms with E-state index >= 15 is 0 Å². The van der Waals surface area contributed by atoms with Gasteiger partial charge in [0, 0.05) is 6.61 Å². The van der Waals surface area contributed by atoms with Gasteiger partial charge in [-0.05, 0) is 19.3 Å². The molecule has 0 radical (unpaired) electrons. The van der Waals surface area contributed by atoms with Crippen molar-refractivity contribution in [3.05, 3.63) is 12.2 Å². The normalized spacial score (nSPS) is 29.2. The lowest BCUT2D eigenvalue weighted by Crippen LogP contribution is -2.41. The van der Waals surface area contributed by atoms with Gasteiger partial charge in [-0.25, -0.2) is 0 Å². The second kappa shape index (κ2) is 9.44. The Labute approximate surface area is 114 Å². The van der Waals surface area contributed by atoms with Crippen LogP contribution in [0.15, 0.2) is 12.2 Å². The third-order valence-corrected chi connectivity index (χ3v) is 3.21. The Kier molecular flexibility index (Phi) is 8.25. The standard InChI is InChI=1S/C14H26O5/c1-2-3-4-5-6-7-8-18-12-10-19-14(13(12)17)11(16)9-15/h4-5,11-17H,2-3,6-10H2,1H3/b5-4+/t11-,12+,13+,14+/m1/s1. The van der Waals surface area contributed by atoms with E-state index in [0.717, 1.165) is 25.7 Å². The summed E-state index contributed by atoms with van der Waals surface area (Å²) in [5.41, 5.74) is 0. The van der Waals surface area contributed by atoms with Crippen LogP contribution in [0.4, 0.5) is 0 Å². The molecule has 0 spiro atoms. The number of hydrogen-bond acceptors (Lipinski definition) is 5. The number of aliphatic hydroxyl groups is 3. The molecule has 1 aliphatic rings. The van der Waals surface area contributed by atoms with E-state index in [1.54, 1.807) is 0 Å². The fourth-order valence-corrected chi connectivity index (χ4v) is 2.04. The van der Waals surface area contributed by atoms with Crippen LogP contribution in [0.25, 0.3) is 0 Å². The van der Waals surface area contributed by atoms with Gasteiger partial charge >= 0.3 is 0 Å². The molecule has 19 heavy (non-hydrogen) atoms. The number of allylic oxidation sites excluding steroid dienone is 2. The molecule has 0 aromatic carbocycles. The Morgan fingerprint density at radius 2 is 2.11 bits per heavy atom. The minimum absolute atomic E-state index is 0.258. The van der Waals surface area contributed by atoms with Gasteiger partial charge in [-0.2, -0.15) is 0 Å². The lowest BCUT2D eigenvalue weighted by atomic mass is 10.1. The molecule has 0 bridgehead atoms. The van der Waals surface area contributed by atoms with Gasteiger partial charge < -0.3 is 24.8 Å². The fourth-order valence-electron chi connectivity index (χ4n) is 2.04. The first kappa shape index (κ1) is 16.6. The van der Waals surface area contributed by atoms with Crippen LogP contribution in [-0.2, 0) is 9.47 Å². The van der Waals surface area contributed by atoms with Crippen molar-refractivity contribution >= 4 is 0 Å². The number of hydrogen-bond donors (Lipinski definition) is 3. The average Bonchev–Trinajstić information content (AvgIpc) is 2.78. The second-order valence-corrected chi connectivity index (χ2v) is 4.85. The topological polar surface area (TPSA) is 79.2 Å². The van der Waals surface area contributed by atoms with E-state index < -0.39 is 31.0 Å². The number of ether oxygens (including phenoxy) is 2. The van der Waals surface area contributed by atoms with Crippen LogP contribution in [0.5, 0.6) is 0 Å². The first-order valence-corrected chi connectivity index (χ1v) is 7.05. The van der Waals surface area contributed by atoms with Gasteiger partial charge in [0.15, 0.2) is 0 Å². The Morgan fingerprint density at radius 1 is 1.37 bits per heavy atom. The quantitative estimate of drug-likeness (QED) is 0.424. The molecule has 1 aliphatic heterocycles. The van der Waals surface area contributed by atoms with Crippen LogP contribution in [0.1, 0.15) is 32.6 Å². The van der Waals surface area contributed by atoms with Crippen LogP contribution >= 0.6 is 0 Å². The largest absolute Gasteiger partial charge is 0.394 e. The monoisotopic (exact) mass is 274 g/mol. The number of rotatable bonds is 9. The lowest BCUT2D eigenvalue weighted by Gasteiger charge is -2.20. The van der Waals surface area contributed by atoms with E-state index in [-0.39, 0.29) is 6.61 Å². The van der Waals surface area contributed by atoms with Gasteiger partial charge in [-0.1, -0.05) is 25.5 Å². The molecule has 0 saturated carbocycles. The molecular weight excluding hydrogens is 248 g/mol. The van der Waals surface area contributed by atoms with Crippen molar-refractivity contribution in [3.63, 3.8) is 0 Å². The zero-order valence-corrected chi connectivity index (χ0v) is 11.6. The Balaban J connectivity index is 2.14. The van der Waals surface area contributed by atoms with Crippen molar-refractivity contribution in [2.75, 3.05) is 19.8 Å². The molecule has 0 unspecified atom stereocenters. The predicted molar refractivity (Wildman–Crippen MR) is 71.9 cm³/mol. The van der Waals surface area contributed by atoms with Gasteiger partial charge in [0.05, 0.1) is 13.2 Å². The molecule has 1 saturated heterocycles. The van der Waals surface area contributed by atoms with Crippen molar-refractivity contribution in [2.45, 2.75) is 57.0 Å². The summed E-state index contributed by atoms with van der Waals surface area (Å²) in [6.07, 6.45) is 5.35. The minimum Gasteiger partial charge on any atom is -0.394 e. The zero-order chi connectivity index (χ0) is 14.1. The second-order valence-electron chi connectivity index (χ2n) is 4.85. The molecule has 3 N–H and O–H groups in total. The fraction of sp³-hybridized carbons (Fsp3) is 0.857. The third-order valence-electron chi connectivity index (χ3n) is 3.21. The molecule has 0 aromatic rings. The average molecular weight is 274 g/mol. The highest BCUT2D eigenvalue weighted by Crippen LogP contribution is 2.20. The van der Waals surface area contributed by atoms with Crippen LogP contribution in [0, 0.1) is 0 Å². The van der Waals surface area contributed by atoms with E-state index in [1.807, 2.05) is 0 Å². The Morgan fingerprint density at radius 3 is 2.79 bits per heavy atom. The van der Waals surface area contributed by atoms with Crippen molar-refractivity contribution in [1.82, 2.24) is 0 Å². The lowest BCUT2D eigenvalue weighted by molar-refractivity contribution is -0.0729. The molecule has 0 amide bonds. The van der Waals surface area contributed by atoms with Crippen LogP contribution in [-0.4, -0.2) is 59.6 Å². The number of aliphatic hydroxyl groups excluding tert-OH is 3. The van der Waals surface area contributed by atoms with Crippen molar-refractivity contribution in [1.29, 1.82) is 0 Å². The summed E-state index contributed by atoms with van der Waals surface area (Å²) < 4.78 is 10.8. The van der Waals surface area contributed by atoms with Crippen LogP contribution in [0.2, 0.25) is 0 Å². The van der Waals surface area contributed by atoms with E-state index in [0.29, 0.717) is 6.61 Å². The Hall–Kier alpha value is -0.460. The van der Waals surface area contributed by atoms with E-state index in [4.69, 9.17) is 14.6 Å². The van der Waals surface area contributed by atoms with E-state index in [9.17, 15) is 10.2 Å². The molecule has 4 atom stereocenters. The smallest absolute Gasteiger partial charge is 0.114 e. The molecule has 5 heteroatoms. The summed E-state index contributed by atoms with van der Waals surface area (Å²) in [6, 6.07) is 0. The zero-order valence-electron chi connectivity index (χ0n) is 11.6. The maximum absolute atomic E-state index is 9.89. The summed E-state index contributed by atoms with van der Waals surface area (Å²) in [4.78, 5) is 0. The van der Waals surface area contributed by atoms with Crippen molar-refractivity contribution < 1.29 is 24.8 Å². The van der Waals surface area contributed by atoms with Crippen molar-refractivity contribution in [2.24, 2.45) is 0 Å². The van der Waals surface area contributed by atoms with Gasteiger partial charge in [-0.15, -0.1) is 0 Å². The van der Waals surface area contributed by atoms with Gasteiger partial charge in [0.1, 0.15) is 24.4 Å². The van der Waals surface area contributed by atoms with Crippen LogP contribution < -0.4 is 0 Å². The highest BCUT2D eigenvalue weighted by atomic mass is 16.6. The summed E-state index contributed by atoms with van der Waals surface area (Å²) >= 11 is 0. The third kappa shape index (κ3) is 5.58. The number of unbranched alkanes of at least 4 members (excludes halogenated alkanes) is 2. The molecule has 1 rings (SSSR count). The summed E-state index contributed by atoms with van der Waals surface area (Å²) in [7, 11) is 0. The minimum atomic E-state index is -1.06. The molecule has 0 aliphatic carbocycles. The summed E-state index contributed by atoms with van der Waals surface area (Å²) in [5.74, 6) is 0. The first-order valence-electron chi connectivity index (χ1n) is 7.05. The SMILES string of the molecule is CCC/C=C/CCCO[C@H]1CO[C@@H]([C@H](O)CO)[C@H]1O. The summed E-state index contributed by atoms with van der Waals surface area (Å²) in [5, 5.41) is 28.2. The Bertz CT molecular complexity index is 256. The highest BCUT2D eigenvalue weighted by Gasteiger charge is 2.40. The maximum atomic E-state index is 9.89. The molecule has 112 valence electrons. The molecular formula is C14H26O5. The highest BCUT2D eigenvalue weighted by molar-refractivity contribution is 4.89. The van der Waals surface area contributed by atoms with E-state index in [2.05, 4.69) is 19.1 Å². The molecule has 1 fully saturated rings. The van der Waals surface area contributed by atoms with Gasteiger partial charge in [-0.3, -0.25) is 0 Å². The molecule has 1 heterocycles. The van der Waals surface area contributed by atoms with Crippen molar-refractivity contribution in [3.8, 4) is 0 Å². The first-order chi connectivity index (χ1) is 9.20.